The van der Waals surface area contributed by atoms with E-state index >= 15 is 0 Å². The van der Waals surface area contributed by atoms with Crippen molar-refractivity contribution in [2.24, 2.45) is 0 Å². The molecule has 0 aliphatic heterocycles. The first-order chi connectivity index (χ1) is 33.7. The van der Waals surface area contributed by atoms with Crippen LogP contribution in [0, 0.1) is 0 Å². The standard InChI is InChI=1S/C55H37NO/c1-4-17-38(18-5-1)44-23-11-14-29-52(44)56(42-33-31-39(32-34-42)45-26-16-27-49-48-25-12-15-30-53(48)57-54(45)49)43-35-36-47-46-24-10-13-28-50(46)55(51(47)37-43,40-19-6-2-7-20-40)41-21-8-3-9-22-41/h1-37H/i1D,4D,5D,11D,14D,17D,18D,23D,29D,31D,32D,33D,34D. The summed E-state index contributed by atoms with van der Waals surface area (Å²) in [5, 5.41) is 1.48. The largest absolute Gasteiger partial charge is 0.455 e. The van der Waals surface area contributed by atoms with Gasteiger partial charge >= 0.3 is 0 Å². The van der Waals surface area contributed by atoms with E-state index in [9.17, 15) is 8.22 Å². The second kappa shape index (κ2) is 13.4. The van der Waals surface area contributed by atoms with Crippen LogP contribution in [0.2, 0.25) is 0 Å². The normalized spacial score (nSPS) is 15.9. The van der Waals surface area contributed by atoms with Gasteiger partial charge in [0, 0.05) is 33.3 Å². The molecule has 1 aliphatic rings. The molecule has 57 heavy (non-hydrogen) atoms. The molecule has 11 rings (SSSR count). The smallest absolute Gasteiger partial charge is 0.143 e. The van der Waals surface area contributed by atoms with Gasteiger partial charge in [0.05, 0.1) is 28.9 Å². The molecule has 2 heteroatoms. The SMILES string of the molecule is [2H]c1c([2H])c([2H])c(-c2c([2H])c([2H])c([2H])c([2H])c2N(c2ccc3c(c2)C(c2ccccc2)(c2ccccc2)c2ccccc2-3)c2c([2H])c([2H])c(-c3cccc4c3oc3ccccc34)c([2H])c2[2H])c([2H])c1[2H]. The number of anilines is 3. The van der Waals surface area contributed by atoms with E-state index < -0.39 is 106 Å². The average Bonchev–Trinajstić information content (AvgIpc) is 3.92. The van der Waals surface area contributed by atoms with Crippen molar-refractivity contribution < 1.29 is 22.2 Å². The van der Waals surface area contributed by atoms with Crippen molar-refractivity contribution in [2.45, 2.75) is 5.41 Å². The van der Waals surface area contributed by atoms with Crippen LogP contribution in [0.5, 0.6) is 0 Å². The average molecular weight is 741 g/mol. The van der Waals surface area contributed by atoms with Gasteiger partial charge in [0.15, 0.2) is 0 Å². The minimum atomic E-state index is -1.01. The number of benzene rings is 9. The lowest BCUT2D eigenvalue weighted by Crippen LogP contribution is -2.28. The van der Waals surface area contributed by atoms with E-state index in [0.29, 0.717) is 16.6 Å². The summed E-state index contributed by atoms with van der Waals surface area (Å²) in [6.07, 6.45) is 0. The molecule has 0 saturated heterocycles. The molecule has 0 spiro atoms. The zero-order valence-corrected chi connectivity index (χ0v) is 30.2. The van der Waals surface area contributed by atoms with Crippen LogP contribution in [0.15, 0.2) is 229 Å². The van der Waals surface area contributed by atoms with Gasteiger partial charge in [-0.3, -0.25) is 0 Å². The summed E-state index contributed by atoms with van der Waals surface area (Å²) in [7, 11) is 0. The minimum absolute atomic E-state index is 0.0826. The van der Waals surface area contributed by atoms with Gasteiger partial charge < -0.3 is 9.32 Å². The number of furan rings is 1. The highest BCUT2D eigenvalue weighted by atomic mass is 16.3. The van der Waals surface area contributed by atoms with E-state index in [-0.39, 0.29) is 16.8 Å². The number of hydrogen-bond donors (Lipinski definition) is 0. The van der Waals surface area contributed by atoms with Crippen LogP contribution in [0.25, 0.3) is 55.3 Å². The Morgan fingerprint density at radius 2 is 1.04 bits per heavy atom. The molecule has 0 bridgehead atoms. The first-order valence-corrected chi connectivity index (χ1v) is 18.5. The van der Waals surface area contributed by atoms with Crippen LogP contribution >= 0.6 is 0 Å². The van der Waals surface area contributed by atoms with Crippen LogP contribution in [0.3, 0.4) is 0 Å². The molecule has 0 fully saturated rings. The summed E-state index contributed by atoms with van der Waals surface area (Å²) in [4.78, 5) is 1.23. The van der Waals surface area contributed by atoms with Gasteiger partial charge in [-0.2, -0.15) is 0 Å². The summed E-state index contributed by atoms with van der Waals surface area (Å²) in [5.74, 6) is 0. The van der Waals surface area contributed by atoms with Crippen molar-refractivity contribution in [2.75, 3.05) is 4.90 Å². The van der Waals surface area contributed by atoms with Gasteiger partial charge in [-0.05, 0) is 80.8 Å². The summed E-state index contributed by atoms with van der Waals surface area (Å²) in [6.45, 7) is 0. The van der Waals surface area contributed by atoms with E-state index in [4.69, 9.17) is 14.0 Å². The van der Waals surface area contributed by atoms with Gasteiger partial charge in [-0.25, -0.2) is 0 Å². The topological polar surface area (TPSA) is 16.4 Å². The van der Waals surface area contributed by atoms with Gasteiger partial charge in [-0.1, -0.05) is 188 Å². The quantitative estimate of drug-likeness (QED) is 0.162. The van der Waals surface area contributed by atoms with Crippen LogP contribution in [0.4, 0.5) is 17.1 Å². The van der Waals surface area contributed by atoms with Crippen LogP contribution in [-0.4, -0.2) is 0 Å². The zero-order chi connectivity index (χ0) is 49.1. The first-order valence-electron chi connectivity index (χ1n) is 25.0. The van der Waals surface area contributed by atoms with E-state index in [0.717, 1.165) is 38.8 Å². The van der Waals surface area contributed by atoms with E-state index in [1.807, 2.05) is 115 Å². The third-order valence-corrected chi connectivity index (χ3v) is 10.9. The van der Waals surface area contributed by atoms with Crippen molar-refractivity contribution in [1.82, 2.24) is 0 Å². The number of para-hydroxylation sites is 3. The van der Waals surface area contributed by atoms with Gasteiger partial charge in [0.25, 0.3) is 0 Å². The van der Waals surface area contributed by atoms with E-state index in [1.54, 1.807) is 24.3 Å². The molecule has 268 valence electrons. The Bertz CT molecular complexity index is 3740. The summed E-state index contributed by atoms with van der Waals surface area (Å²) in [5.41, 5.74) is 3.49. The number of nitrogens with zero attached hydrogens (tertiary/aromatic N) is 1. The third kappa shape index (κ3) is 5.18. The Labute approximate surface area is 350 Å². The van der Waals surface area contributed by atoms with Crippen LogP contribution in [0.1, 0.15) is 40.1 Å². The van der Waals surface area contributed by atoms with Crippen molar-refractivity contribution in [3.63, 3.8) is 0 Å². The molecule has 0 atom stereocenters. The van der Waals surface area contributed by atoms with Gasteiger partial charge in [0.2, 0.25) is 0 Å². The molecule has 1 aliphatic carbocycles. The van der Waals surface area contributed by atoms with Crippen LogP contribution in [-0.2, 0) is 5.41 Å². The molecular weight excluding hydrogens is 691 g/mol. The number of rotatable bonds is 7. The maximum absolute atomic E-state index is 9.94. The minimum Gasteiger partial charge on any atom is -0.455 e. The van der Waals surface area contributed by atoms with Crippen LogP contribution < -0.4 is 4.90 Å². The molecule has 0 unspecified atom stereocenters. The molecule has 10 aromatic rings. The predicted octanol–water partition coefficient (Wildman–Crippen LogP) is 14.8. The first kappa shape index (κ1) is 22.2. The van der Waals surface area contributed by atoms with Crippen molar-refractivity contribution in [3.8, 4) is 33.4 Å². The molecule has 1 aromatic heterocycles. The lowest BCUT2D eigenvalue weighted by atomic mass is 9.67. The molecule has 0 amide bonds. The molecular formula is C55H37NO. The van der Waals surface area contributed by atoms with Crippen molar-refractivity contribution in [1.29, 1.82) is 0 Å². The fourth-order valence-corrected chi connectivity index (χ4v) is 8.47. The molecule has 2 nitrogen and oxygen atoms in total. The fraction of sp³-hybridized carbons (Fsp3) is 0.0182. The summed E-state index contributed by atoms with van der Waals surface area (Å²) < 4.78 is 127. The lowest BCUT2D eigenvalue weighted by Gasteiger charge is -2.35. The van der Waals surface area contributed by atoms with E-state index in [2.05, 4.69) is 6.07 Å². The number of hydrogen-bond acceptors (Lipinski definition) is 2. The highest BCUT2D eigenvalue weighted by Crippen LogP contribution is 2.57. The molecule has 1 heterocycles. The monoisotopic (exact) mass is 740 g/mol. The Hall–Kier alpha value is -7.42. The second-order valence-electron chi connectivity index (χ2n) is 13.8. The molecule has 9 aromatic carbocycles. The number of fused-ring (bicyclic) bond motifs is 6. The highest BCUT2D eigenvalue weighted by molar-refractivity contribution is 6.09. The predicted molar refractivity (Wildman–Crippen MR) is 237 cm³/mol. The van der Waals surface area contributed by atoms with E-state index in [1.165, 1.54) is 4.90 Å². The molecule has 0 saturated carbocycles. The summed E-state index contributed by atoms with van der Waals surface area (Å²) >= 11 is 0. The molecule has 0 radical (unpaired) electrons. The zero-order valence-electron chi connectivity index (χ0n) is 43.2. The lowest BCUT2D eigenvalue weighted by molar-refractivity contribution is 0.670. The highest BCUT2D eigenvalue weighted by Gasteiger charge is 2.46. The summed E-state index contributed by atoms with van der Waals surface area (Å²) in [6, 6.07) is 36.8. The van der Waals surface area contributed by atoms with Gasteiger partial charge in [-0.15, -0.1) is 0 Å². The molecule has 0 N–H and O–H groups in total. The Morgan fingerprint density at radius 3 is 1.82 bits per heavy atom. The fourth-order valence-electron chi connectivity index (χ4n) is 8.47. The Kier molecular flexibility index (Phi) is 5.22. The van der Waals surface area contributed by atoms with Crippen molar-refractivity contribution >= 4 is 39.0 Å². The van der Waals surface area contributed by atoms with Crippen molar-refractivity contribution in [3.05, 3.63) is 246 Å². The Balaban J connectivity index is 1.29. The Morgan fingerprint density at radius 1 is 0.421 bits per heavy atom. The van der Waals surface area contributed by atoms with Gasteiger partial charge in [0.1, 0.15) is 11.2 Å². The third-order valence-electron chi connectivity index (χ3n) is 10.9. The maximum Gasteiger partial charge on any atom is 0.143 e. The maximum atomic E-state index is 9.94. The second-order valence-corrected chi connectivity index (χ2v) is 13.8.